The molecule has 1 heteroatoms. The first-order valence-electron chi connectivity index (χ1n) is 4.41. The van der Waals surface area contributed by atoms with E-state index in [0.29, 0.717) is 5.92 Å². The molecule has 0 aromatic heterocycles. The van der Waals surface area contributed by atoms with E-state index in [9.17, 15) is 4.39 Å². The van der Waals surface area contributed by atoms with Crippen molar-refractivity contribution in [2.75, 3.05) is 0 Å². The Labute approximate surface area is 73.4 Å². The summed E-state index contributed by atoms with van der Waals surface area (Å²) in [6.45, 7) is 6.10. The summed E-state index contributed by atoms with van der Waals surface area (Å²) in [4.78, 5) is 0. The molecule has 0 aliphatic rings. The Bertz CT molecular complexity index is 245. The molecule has 0 amide bonds. The second-order valence-corrected chi connectivity index (χ2v) is 3.28. The minimum absolute atomic E-state index is 0.0654. The molecular weight excluding hydrogens is 151 g/mol. The van der Waals surface area contributed by atoms with Crippen LogP contribution < -0.4 is 0 Å². The third-order valence-electron chi connectivity index (χ3n) is 2.38. The van der Waals surface area contributed by atoms with Crippen molar-refractivity contribution in [1.82, 2.24) is 0 Å². The van der Waals surface area contributed by atoms with Gasteiger partial charge in [-0.15, -0.1) is 0 Å². The van der Waals surface area contributed by atoms with Crippen LogP contribution in [0.4, 0.5) is 4.39 Å². The summed E-state index contributed by atoms with van der Waals surface area (Å²) in [5, 5.41) is 0. The normalized spacial score (nSPS) is 13.0. The zero-order chi connectivity index (χ0) is 9.14. The monoisotopic (exact) mass is 166 g/mol. The molecule has 0 bridgehead atoms. The van der Waals surface area contributed by atoms with Crippen molar-refractivity contribution in [3.63, 3.8) is 0 Å². The van der Waals surface area contributed by atoms with Crippen molar-refractivity contribution >= 4 is 0 Å². The minimum Gasteiger partial charge on any atom is -0.207 e. The summed E-state index contributed by atoms with van der Waals surface area (Å²) in [5.74, 6) is 0.260. The first-order chi connectivity index (χ1) is 5.66. The van der Waals surface area contributed by atoms with E-state index in [4.69, 9.17) is 0 Å². The molecule has 0 aliphatic heterocycles. The van der Waals surface area contributed by atoms with Gasteiger partial charge in [0.2, 0.25) is 0 Å². The molecule has 12 heavy (non-hydrogen) atoms. The molecule has 0 radical (unpaired) electrons. The Balaban J connectivity index is 3.12. The van der Waals surface area contributed by atoms with Gasteiger partial charge in [-0.1, -0.05) is 26.0 Å². The summed E-state index contributed by atoms with van der Waals surface area (Å²) >= 11 is 0. The quantitative estimate of drug-likeness (QED) is 0.629. The second-order valence-electron chi connectivity index (χ2n) is 3.28. The smallest absolute Gasteiger partial charge is 0.126 e. The molecule has 0 nitrogen and oxygen atoms in total. The molecular formula is C11H15F. The lowest BCUT2D eigenvalue weighted by Gasteiger charge is -2.12. The van der Waals surface area contributed by atoms with Crippen molar-refractivity contribution in [3.8, 4) is 0 Å². The Hall–Kier alpha value is -0.850. The van der Waals surface area contributed by atoms with E-state index in [1.165, 1.54) is 6.07 Å². The molecule has 66 valence electrons. The van der Waals surface area contributed by atoms with Crippen LogP contribution >= 0.6 is 0 Å². The summed E-state index contributed by atoms with van der Waals surface area (Å²) < 4.78 is 13.3. The lowest BCUT2D eigenvalue weighted by Crippen LogP contribution is -1.98. The van der Waals surface area contributed by atoms with Crippen LogP contribution in [0, 0.1) is 12.7 Å². The predicted molar refractivity (Wildman–Crippen MR) is 49.8 cm³/mol. The maximum Gasteiger partial charge on any atom is 0.126 e. The predicted octanol–water partition coefficient (Wildman–Crippen LogP) is 3.65. The van der Waals surface area contributed by atoms with Crippen molar-refractivity contribution in [2.45, 2.75) is 33.1 Å². The molecule has 1 aromatic rings. The molecule has 0 saturated heterocycles. The maximum atomic E-state index is 13.3. The second kappa shape index (κ2) is 3.70. The topological polar surface area (TPSA) is 0 Å². The summed E-state index contributed by atoms with van der Waals surface area (Å²) in [6, 6.07) is 5.26. The van der Waals surface area contributed by atoms with Gasteiger partial charge in [-0.05, 0) is 36.5 Å². The van der Waals surface area contributed by atoms with Crippen molar-refractivity contribution in [1.29, 1.82) is 0 Å². The van der Waals surface area contributed by atoms with Crippen molar-refractivity contribution in [2.24, 2.45) is 0 Å². The molecule has 1 rings (SSSR count). The number of halogens is 1. The lowest BCUT2D eigenvalue weighted by molar-refractivity contribution is 0.581. The summed E-state index contributed by atoms with van der Waals surface area (Å²) in [6.07, 6.45) is 0.988. The van der Waals surface area contributed by atoms with Crippen LogP contribution in [-0.4, -0.2) is 0 Å². The standard InChI is InChI=1S/C11H15F/c1-4-8(2)11-9(3)6-5-7-10(11)12/h5-8H,4H2,1-3H3. The minimum atomic E-state index is -0.0654. The first-order valence-corrected chi connectivity index (χ1v) is 4.41. The molecule has 1 atom stereocenters. The van der Waals surface area contributed by atoms with Crippen LogP contribution in [0.2, 0.25) is 0 Å². The van der Waals surface area contributed by atoms with Gasteiger partial charge in [0.1, 0.15) is 5.82 Å². The van der Waals surface area contributed by atoms with Gasteiger partial charge in [-0.2, -0.15) is 0 Å². The highest BCUT2D eigenvalue weighted by molar-refractivity contribution is 5.30. The van der Waals surface area contributed by atoms with E-state index in [0.717, 1.165) is 17.5 Å². The number of rotatable bonds is 2. The van der Waals surface area contributed by atoms with Gasteiger partial charge in [0.05, 0.1) is 0 Å². The van der Waals surface area contributed by atoms with Gasteiger partial charge in [0.15, 0.2) is 0 Å². The van der Waals surface area contributed by atoms with Gasteiger partial charge in [-0.25, -0.2) is 4.39 Å². The lowest BCUT2D eigenvalue weighted by atomic mass is 9.94. The van der Waals surface area contributed by atoms with E-state index in [1.807, 2.05) is 13.0 Å². The fraction of sp³-hybridized carbons (Fsp3) is 0.455. The van der Waals surface area contributed by atoms with Crippen molar-refractivity contribution in [3.05, 3.63) is 35.1 Å². The molecule has 0 saturated carbocycles. The zero-order valence-electron chi connectivity index (χ0n) is 7.89. The number of benzene rings is 1. The van der Waals surface area contributed by atoms with Gasteiger partial charge in [-0.3, -0.25) is 0 Å². The highest BCUT2D eigenvalue weighted by Crippen LogP contribution is 2.24. The van der Waals surface area contributed by atoms with Crippen LogP contribution in [0.5, 0.6) is 0 Å². The van der Waals surface area contributed by atoms with E-state index in [1.54, 1.807) is 6.07 Å². The largest absolute Gasteiger partial charge is 0.207 e. The third kappa shape index (κ3) is 1.66. The Morgan fingerprint density at radius 3 is 2.58 bits per heavy atom. The molecule has 1 unspecified atom stereocenters. The van der Waals surface area contributed by atoms with Gasteiger partial charge >= 0.3 is 0 Å². The third-order valence-corrected chi connectivity index (χ3v) is 2.38. The van der Waals surface area contributed by atoms with Crippen LogP contribution in [-0.2, 0) is 0 Å². The Kier molecular flexibility index (Phi) is 2.85. The summed E-state index contributed by atoms with van der Waals surface area (Å²) in [7, 11) is 0. The average Bonchev–Trinajstić information content (AvgIpc) is 2.03. The molecule has 1 aromatic carbocycles. The first kappa shape index (κ1) is 9.24. The van der Waals surface area contributed by atoms with Gasteiger partial charge in [0.25, 0.3) is 0 Å². The van der Waals surface area contributed by atoms with E-state index < -0.39 is 0 Å². The fourth-order valence-corrected chi connectivity index (χ4v) is 1.47. The molecule has 0 heterocycles. The molecule has 0 N–H and O–H groups in total. The highest BCUT2D eigenvalue weighted by Gasteiger charge is 2.10. The average molecular weight is 166 g/mol. The van der Waals surface area contributed by atoms with E-state index >= 15 is 0 Å². The van der Waals surface area contributed by atoms with Crippen LogP contribution in [0.15, 0.2) is 18.2 Å². The van der Waals surface area contributed by atoms with Crippen molar-refractivity contribution < 1.29 is 4.39 Å². The van der Waals surface area contributed by atoms with Crippen LogP contribution in [0.3, 0.4) is 0 Å². The SMILES string of the molecule is CCC(C)c1c(C)cccc1F. The van der Waals surface area contributed by atoms with E-state index in [2.05, 4.69) is 13.8 Å². The van der Waals surface area contributed by atoms with Gasteiger partial charge < -0.3 is 0 Å². The van der Waals surface area contributed by atoms with Crippen LogP contribution in [0.25, 0.3) is 0 Å². The Morgan fingerprint density at radius 1 is 1.42 bits per heavy atom. The van der Waals surface area contributed by atoms with Crippen LogP contribution in [0.1, 0.15) is 37.3 Å². The molecule has 0 aliphatic carbocycles. The maximum absolute atomic E-state index is 13.3. The fourth-order valence-electron chi connectivity index (χ4n) is 1.47. The highest BCUT2D eigenvalue weighted by atomic mass is 19.1. The molecule has 0 fully saturated rings. The zero-order valence-corrected chi connectivity index (χ0v) is 7.89. The van der Waals surface area contributed by atoms with Gasteiger partial charge in [0, 0.05) is 0 Å². The number of hydrogen-bond donors (Lipinski definition) is 0. The summed E-state index contributed by atoms with van der Waals surface area (Å²) in [5.41, 5.74) is 1.93. The number of aryl methyl sites for hydroxylation is 1. The Morgan fingerprint density at radius 2 is 2.08 bits per heavy atom. The molecule has 0 spiro atoms. The number of hydrogen-bond acceptors (Lipinski definition) is 0. The van der Waals surface area contributed by atoms with E-state index in [-0.39, 0.29) is 5.82 Å².